The van der Waals surface area contributed by atoms with Gasteiger partial charge in [-0.1, -0.05) is 43.7 Å². The minimum atomic E-state index is -0.630. The van der Waals surface area contributed by atoms with E-state index in [-0.39, 0.29) is 5.82 Å². The van der Waals surface area contributed by atoms with Gasteiger partial charge in [0.15, 0.2) is 0 Å². The zero-order valence-electron chi connectivity index (χ0n) is 19.8. The van der Waals surface area contributed by atoms with E-state index in [1.165, 1.54) is 13.2 Å². The van der Waals surface area contributed by atoms with Crippen LogP contribution in [0.2, 0.25) is 0 Å². The molecule has 0 unspecified atom stereocenters. The maximum Gasteiger partial charge on any atom is 0.354 e. The Bertz CT molecular complexity index is 1160. The molecule has 174 valence electrons. The maximum atomic E-state index is 15.2. The van der Waals surface area contributed by atoms with Crippen LogP contribution in [0.3, 0.4) is 0 Å². The molecule has 3 aromatic rings. The average molecular weight is 452 g/mol. The van der Waals surface area contributed by atoms with Crippen LogP contribution in [0.25, 0.3) is 11.1 Å². The summed E-state index contributed by atoms with van der Waals surface area (Å²) in [4.78, 5) is 27.7. The summed E-state index contributed by atoms with van der Waals surface area (Å²) in [6.45, 7) is 7.46. The summed E-state index contributed by atoms with van der Waals surface area (Å²) in [6.07, 6.45) is 1.97. The standard InChI is InChI=1S/C27H30FNO4/c1-6-9-23-19(16-24(29-23)26(31)32-5)14-18-13-12-17(15-22(18)28)20-10-7-8-11-21(20)25(30)33-27(2,3)4/h7-8,10-13,15-16,29H,6,9,14H2,1-5H3. The predicted octanol–water partition coefficient (Wildman–Crippen LogP) is 6.11. The van der Waals surface area contributed by atoms with Crippen LogP contribution in [0.15, 0.2) is 48.5 Å². The maximum absolute atomic E-state index is 15.2. The summed E-state index contributed by atoms with van der Waals surface area (Å²) in [5.74, 6) is -1.28. The Kier molecular flexibility index (Phi) is 7.36. The highest BCUT2D eigenvalue weighted by atomic mass is 19.1. The van der Waals surface area contributed by atoms with E-state index in [2.05, 4.69) is 4.98 Å². The largest absolute Gasteiger partial charge is 0.464 e. The van der Waals surface area contributed by atoms with Crippen molar-refractivity contribution in [2.75, 3.05) is 7.11 Å². The lowest BCUT2D eigenvalue weighted by atomic mass is 9.96. The summed E-state index contributed by atoms with van der Waals surface area (Å²) in [5.41, 5.74) is 3.58. The number of aromatic amines is 1. The van der Waals surface area contributed by atoms with Crippen molar-refractivity contribution in [2.24, 2.45) is 0 Å². The molecule has 0 aliphatic carbocycles. The van der Waals surface area contributed by atoms with Gasteiger partial charge in [0.2, 0.25) is 0 Å². The first kappa shape index (κ1) is 24.2. The lowest BCUT2D eigenvalue weighted by molar-refractivity contribution is 0.00702. The fourth-order valence-electron chi connectivity index (χ4n) is 3.70. The van der Waals surface area contributed by atoms with Crippen LogP contribution >= 0.6 is 0 Å². The van der Waals surface area contributed by atoms with E-state index in [9.17, 15) is 9.59 Å². The molecule has 0 aliphatic heterocycles. The number of esters is 2. The lowest BCUT2D eigenvalue weighted by Crippen LogP contribution is -2.24. The molecular weight excluding hydrogens is 421 g/mol. The van der Waals surface area contributed by atoms with Gasteiger partial charge in [-0.05, 0) is 67.6 Å². The molecule has 2 aromatic carbocycles. The van der Waals surface area contributed by atoms with Crippen molar-refractivity contribution < 1.29 is 23.5 Å². The number of ether oxygens (including phenoxy) is 2. The number of rotatable bonds is 7. The molecule has 0 atom stereocenters. The lowest BCUT2D eigenvalue weighted by Gasteiger charge is -2.20. The third-order valence-electron chi connectivity index (χ3n) is 5.19. The molecule has 0 saturated carbocycles. The number of aryl methyl sites for hydroxylation is 1. The summed E-state index contributed by atoms with van der Waals surface area (Å²) in [5, 5.41) is 0. The second kappa shape index (κ2) is 10.0. The van der Waals surface area contributed by atoms with Crippen LogP contribution in [0.4, 0.5) is 4.39 Å². The molecule has 0 fully saturated rings. The van der Waals surface area contributed by atoms with Gasteiger partial charge in [-0.15, -0.1) is 0 Å². The van der Waals surface area contributed by atoms with Crippen molar-refractivity contribution >= 4 is 11.9 Å². The number of aromatic nitrogens is 1. The van der Waals surface area contributed by atoms with Crippen molar-refractivity contribution in [1.29, 1.82) is 0 Å². The van der Waals surface area contributed by atoms with Gasteiger partial charge in [0.25, 0.3) is 0 Å². The van der Waals surface area contributed by atoms with Gasteiger partial charge in [-0.3, -0.25) is 0 Å². The second-order valence-electron chi connectivity index (χ2n) is 8.96. The van der Waals surface area contributed by atoms with Crippen LogP contribution in [-0.2, 0) is 22.3 Å². The molecule has 3 rings (SSSR count). The molecule has 0 saturated heterocycles. The van der Waals surface area contributed by atoms with Crippen LogP contribution in [-0.4, -0.2) is 29.6 Å². The van der Waals surface area contributed by atoms with Crippen LogP contribution in [0, 0.1) is 5.82 Å². The highest BCUT2D eigenvalue weighted by molar-refractivity contribution is 5.97. The number of H-pyrrole nitrogens is 1. The third kappa shape index (κ3) is 5.89. The monoisotopic (exact) mass is 451 g/mol. The fraction of sp³-hybridized carbons (Fsp3) is 0.333. The molecule has 33 heavy (non-hydrogen) atoms. The minimum Gasteiger partial charge on any atom is -0.464 e. The number of benzene rings is 2. The van der Waals surface area contributed by atoms with Gasteiger partial charge >= 0.3 is 11.9 Å². The quantitative estimate of drug-likeness (QED) is 0.440. The second-order valence-corrected chi connectivity index (χ2v) is 8.96. The first-order chi connectivity index (χ1) is 15.6. The number of hydrogen-bond acceptors (Lipinski definition) is 4. The average Bonchev–Trinajstić information content (AvgIpc) is 3.16. The van der Waals surface area contributed by atoms with E-state index in [1.807, 2.05) is 6.92 Å². The van der Waals surface area contributed by atoms with Gasteiger partial charge in [0.05, 0.1) is 12.7 Å². The molecule has 0 bridgehead atoms. The van der Waals surface area contributed by atoms with E-state index in [0.717, 1.165) is 24.1 Å². The van der Waals surface area contributed by atoms with E-state index in [4.69, 9.17) is 9.47 Å². The summed E-state index contributed by atoms with van der Waals surface area (Å²) in [7, 11) is 1.33. The van der Waals surface area contributed by atoms with E-state index >= 15 is 4.39 Å². The van der Waals surface area contributed by atoms with Crippen molar-refractivity contribution in [1.82, 2.24) is 4.98 Å². The van der Waals surface area contributed by atoms with Gasteiger partial charge in [-0.25, -0.2) is 14.0 Å². The van der Waals surface area contributed by atoms with E-state index in [0.29, 0.717) is 34.4 Å². The number of methoxy groups -OCH3 is 1. The number of nitrogens with one attached hydrogen (secondary N) is 1. The van der Waals surface area contributed by atoms with Crippen LogP contribution in [0.1, 0.15) is 71.8 Å². The third-order valence-corrected chi connectivity index (χ3v) is 5.19. The topological polar surface area (TPSA) is 68.4 Å². The van der Waals surface area contributed by atoms with Gasteiger partial charge in [0, 0.05) is 12.1 Å². The van der Waals surface area contributed by atoms with Gasteiger partial charge < -0.3 is 14.5 Å². The van der Waals surface area contributed by atoms with Crippen molar-refractivity contribution in [3.8, 4) is 11.1 Å². The Balaban J connectivity index is 1.92. The van der Waals surface area contributed by atoms with Crippen molar-refractivity contribution in [3.63, 3.8) is 0 Å². The molecular formula is C27H30FNO4. The minimum absolute atomic E-state index is 0.336. The van der Waals surface area contributed by atoms with Gasteiger partial charge in [0.1, 0.15) is 17.1 Å². The molecule has 0 radical (unpaired) electrons. The van der Waals surface area contributed by atoms with E-state index in [1.54, 1.807) is 63.2 Å². The predicted molar refractivity (Wildman–Crippen MR) is 126 cm³/mol. The number of hydrogen-bond donors (Lipinski definition) is 1. The molecule has 0 amide bonds. The molecule has 1 heterocycles. The Hall–Kier alpha value is -3.41. The molecule has 1 N–H and O–H groups in total. The Morgan fingerprint density at radius 3 is 2.36 bits per heavy atom. The summed E-state index contributed by atoms with van der Waals surface area (Å²) >= 11 is 0. The number of carbonyl (C=O) groups excluding carboxylic acids is 2. The molecule has 6 heteroatoms. The highest BCUT2D eigenvalue weighted by Crippen LogP contribution is 2.28. The Morgan fingerprint density at radius 2 is 1.73 bits per heavy atom. The highest BCUT2D eigenvalue weighted by Gasteiger charge is 2.21. The Labute approximate surface area is 193 Å². The smallest absolute Gasteiger partial charge is 0.354 e. The first-order valence-corrected chi connectivity index (χ1v) is 11.0. The Morgan fingerprint density at radius 1 is 1.00 bits per heavy atom. The first-order valence-electron chi connectivity index (χ1n) is 11.0. The van der Waals surface area contributed by atoms with Crippen LogP contribution < -0.4 is 0 Å². The zero-order valence-corrected chi connectivity index (χ0v) is 19.8. The molecule has 0 aliphatic rings. The summed E-state index contributed by atoms with van der Waals surface area (Å²) < 4.78 is 25.5. The normalized spacial score (nSPS) is 11.3. The zero-order chi connectivity index (χ0) is 24.2. The fourth-order valence-corrected chi connectivity index (χ4v) is 3.70. The molecule has 1 aromatic heterocycles. The SMILES string of the molecule is CCCc1[nH]c(C(=O)OC)cc1Cc1ccc(-c2ccccc2C(=O)OC(C)(C)C)cc1F. The van der Waals surface area contributed by atoms with Gasteiger partial charge in [-0.2, -0.15) is 0 Å². The summed E-state index contributed by atoms with van der Waals surface area (Å²) in [6, 6.07) is 13.7. The number of carbonyl (C=O) groups is 2. The molecule has 0 spiro atoms. The van der Waals surface area contributed by atoms with Crippen molar-refractivity contribution in [2.45, 2.75) is 52.6 Å². The molecule has 5 nitrogen and oxygen atoms in total. The van der Waals surface area contributed by atoms with Crippen LogP contribution in [0.5, 0.6) is 0 Å². The van der Waals surface area contributed by atoms with E-state index < -0.39 is 17.5 Å². The van der Waals surface area contributed by atoms with Crippen molar-refractivity contribution in [3.05, 3.63) is 82.4 Å². The number of halogens is 1.